The van der Waals surface area contributed by atoms with Crippen molar-refractivity contribution in [3.63, 3.8) is 0 Å². The maximum atomic E-state index is 9.95. The van der Waals surface area contributed by atoms with Crippen LogP contribution in [-0.4, -0.2) is 11.7 Å². The highest BCUT2D eigenvalue weighted by atomic mass is 16.7. The Morgan fingerprint density at radius 3 is 2.25 bits per heavy atom. The van der Waals surface area contributed by atoms with Crippen LogP contribution in [0.5, 0.6) is 0 Å². The molecule has 0 radical (unpaired) electrons. The molecule has 0 aromatic heterocycles. The first-order chi connectivity index (χ1) is 11.5. The summed E-state index contributed by atoms with van der Waals surface area (Å²) < 4.78 is 11.8. The molecule has 2 saturated heterocycles. The summed E-state index contributed by atoms with van der Waals surface area (Å²) in [5.41, 5.74) is -2.93. The number of nitrogens with one attached hydrogen (secondary N) is 1. The second-order valence-corrected chi connectivity index (χ2v) is 6.18. The summed E-state index contributed by atoms with van der Waals surface area (Å²) >= 11 is 0. The number of rotatable bonds is 2. The van der Waals surface area contributed by atoms with Gasteiger partial charge < -0.3 is 9.47 Å². The predicted molar refractivity (Wildman–Crippen MR) is 83.0 cm³/mol. The van der Waals surface area contributed by atoms with Gasteiger partial charge in [0.1, 0.15) is 6.10 Å². The van der Waals surface area contributed by atoms with Gasteiger partial charge in [-0.3, -0.25) is 5.41 Å². The molecule has 3 rings (SSSR count). The minimum absolute atomic E-state index is 0.360. The van der Waals surface area contributed by atoms with Gasteiger partial charge in [0.2, 0.25) is 17.1 Å². The van der Waals surface area contributed by atoms with E-state index in [1.165, 1.54) is 0 Å². The van der Waals surface area contributed by atoms with E-state index in [0.29, 0.717) is 12.0 Å². The fourth-order valence-electron chi connectivity index (χ4n) is 3.97. The third-order valence-corrected chi connectivity index (χ3v) is 5.40. The van der Waals surface area contributed by atoms with Crippen molar-refractivity contribution >= 4 is 5.90 Å². The van der Waals surface area contributed by atoms with Crippen LogP contribution in [0.2, 0.25) is 0 Å². The lowest BCUT2D eigenvalue weighted by atomic mass is 9.53. The van der Waals surface area contributed by atoms with Crippen LogP contribution >= 0.6 is 0 Å². The van der Waals surface area contributed by atoms with Gasteiger partial charge in [0, 0.05) is 6.42 Å². The van der Waals surface area contributed by atoms with Crippen molar-refractivity contribution in [3.05, 3.63) is 35.9 Å². The Bertz CT molecular complexity index is 802. The van der Waals surface area contributed by atoms with E-state index in [0.717, 1.165) is 0 Å². The Balaban J connectivity index is 2.34. The van der Waals surface area contributed by atoms with Gasteiger partial charge in [0.15, 0.2) is 5.41 Å². The number of nitrogens with zero attached hydrogens (tertiary/aromatic N) is 3. The first-order valence-electron chi connectivity index (χ1n) is 7.72. The van der Waals surface area contributed by atoms with Gasteiger partial charge >= 0.3 is 0 Å². The van der Waals surface area contributed by atoms with E-state index in [-0.39, 0.29) is 5.90 Å². The summed E-state index contributed by atoms with van der Waals surface area (Å²) in [7, 11) is 0. The van der Waals surface area contributed by atoms with Gasteiger partial charge in [0.05, 0.1) is 24.1 Å². The van der Waals surface area contributed by atoms with Crippen LogP contribution in [0.25, 0.3) is 0 Å². The second kappa shape index (κ2) is 5.06. The fraction of sp³-hybridized carbons (Fsp3) is 0.444. The molecular formula is C18H16N4O2. The van der Waals surface area contributed by atoms with Crippen LogP contribution in [-0.2, 0) is 9.47 Å². The molecule has 1 N–H and O–H groups in total. The van der Waals surface area contributed by atoms with Crippen molar-refractivity contribution in [1.29, 1.82) is 21.2 Å². The topological polar surface area (TPSA) is 114 Å². The summed E-state index contributed by atoms with van der Waals surface area (Å²) in [6.07, 6.45) is -0.580. The molecular weight excluding hydrogens is 304 g/mol. The van der Waals surface area contributed by atoms with Gasteiger partial charge in [0.25, 0.3) is 0 Å². The van der Waals surface area contributed by atoms with Crippen LogP contribution in [0.3, 0.4) is 0 Å². The normalized spacial score (nSPS) is 36.0. The molecule has 1 aromatic carbocycles. The molecule has 6 nitrogen and oxygen atoms in total. The van der Waals surface area contributed by atoms with Crippen molar-refractivity contribution in [1.82, 2.24) is 0 Å². The summed E-state index contributed by atoms with van der Waals surface area (Å²) in [5, 5.41) is 38.1. The molecule has 0 saturated carbocycles. The minimum atomic E-state index is -1.87. The Morgan fingerprint density at radius 2 is 1.75 bits per heavy atom. The van der Waals surface area contributed by atoms with E-state index < -0.39 is 28.6 Å². The molecule has 1 aromatic rings. The fourth-order valence-corrected chi connectivity index (χ4v) is 3.97. The minimum Gasteiger partial charge on any atom is -0.447 e. The van der Waals surface area contributed by atoms with Crippen LogP contribution in [0, 0.1) is 56.2 Å². The predicted octanol–water partition coefficient (Wildman–Crippen LogP) is 3.05. The average Bonchev–Trinajstić information content (AvgIpc) is 2.78. The number of hydrogen-bond acceptors (Lipinski definition) is 6. The quantitative estimate of drug-likeness (QED) is 0.899. The van der Waals surface area contributed by atoms with Crippen molar-refractivity contribution in [2.24, 2.45) is 16.7 Å². The zero-order valence-corrected chi connectivity index (χ0v) is 13.4. The van der Waals surface area contributed by atoms with Gasteiger partial charge in [-0.1, -0.05) is 44.2 Å². The summed E-state index contributed by atoms with van der Waals surface area (Å²) in [6.45, 7) is 3.55. The molecule has 2 aliphatic heterocycles. The lowest BCUT2D eigenvalue weighted by Crippen LogP contribution is -2.58. The highest BCUT2D eigenvalue weighted by molar-refractivity contribution is 5.89. The van der Waals surface area contributed by atoms with Gasteiger partial charge in [-0.15, -0.1) is 0 Å². The second-order valence-electron chi connectivity index (χ2n) is 6.18. The van der Waals surface area contributed by atoms with E-state index >= 15 is 0 Å². The Morgan fingerprint density at radius 1 is 1.12 bits per heavy atom. The van der Waals surface area contributed by atoms with Crippen LogP contribution in [0.4, 0.5) is 0 Å². The first kappa shape index (κ1) is 16.0. The molecule has 4 atom stereocenters. The van der Waals surface area contributed by atoms with Crippen molar-refractivity contribution in [2.75, 3.05) is 0 Å². The zero-order chi connectivity index (χ0) is 17.6. The standard InChI is InChI=1S/C18H16N4O2/c1-3-18-12(2)17(11-21,15(22)24-18)16(9-19,10-20)14(23-18)13-7-5-4-6-8-13/h4-8,12,14,22H,3H2,1-2H3/t12-,14-,17+,18+/m0/s1. The molecule has 0 spiro atoms. The van der Waals surface area contributed by atoms with Crippen molar-refractivity contribution < 1.29 is 9.47 Å². The van der Waals surface area contributed by atoms with Gasteiger partial charge in [-0.05, 0) is 5.56 Å². The Hall–Kier alpha value is -2.88. The maximum absolute atomic E-state index is 9.95. The molecule has 120 valence electrons. The monoisotopic (exact) mass is 320 g/mol. The van der Waals surface area contributed by atoms with Gasteiger partial charge in [-0.2, -0.15) is 15.8 Å². The largest absolute Gasteiger partial charge is 0.447 e. The molecule has 0 unspecified atom stereocenters. The number of fused-ring (bicyclic) bond motifs is 2. The van der Waals surface area contributed by atoms with E-state index in [1.807, 2.05) is 25.1 Å². The molecule has 6 heteroatoms. The highest BCUT2D eigenvalue weighted by Gasteiger charge is 2.78. The zero-order valence-electron chi connectivity index (χ0n) is 13.4. The molecule has 0 aliphatic carbocycles. The number of nitriles is 3. The molecule has 2 fully saturated rings. The summed E-state index contributed by atoms with van der Waals surface area (Å²) in [6, 6.07) is 15.0. The molecule has 2 aliphatic rings. The Labute approximate surface area is 140 Å². The average molecular weight is 320 g/mol. The molecule has 24 heavy (non-hydrogen) atoms. The van der Waals surface area contributed by atoms with E-state index in [1.54, 1.807) is 31.2 Å². The number of hydrogen-bond donors (Lipinski definition) is 1. The number of benzene rings is 1. The maximum Gasteiger partial charge on any atom is 0.217 e. The summed E-state index contributed by atoms with van der Waals surface area (Å²) in [4.78, 5) is 0. The number of ether oxygens (including phenoxy) is 2. The molecule has 2 heterocycles. The van der Waals surface area contributed by atoms with E-state index in [4.69, 9.17) is 14.9 Å². The van der Waals surface area contributed by atoms with E-state index in [2.05, 4.69) is 6.07 Å². The third kappa shape index (κ3) is 1.53. The van der Waals surface area contributed by atoms with Crippen LogP contribution in [0.15, 0.2) is 30.3 Å². The van der Waals surface area contributed by atoms with Crippen molar-refractivity contribution in [2.45, 2.75) is 32.2 Å². The van der Waals surface area contributed by atoms with Crippen LogP contribution in [0.1, 0.15) is 31.9 Å². The lowest BCUT2D eigenvalue weighted by molar-refractivity contribution is -0.280. The molecule has 2 bridgehead atoms. The first-order valence-corrected chi connectivity index (χ1v) is 7.72. The Kier molecular flexibility index (Phi) is 3.37. The van der Waals surface area contributed by atoms with Crippen molar-refractivity contribution in [3.8, 4) is 18.2 Å². The highest BCUT2D eigenvalue weighted by Crippen LogP contribution is 2.66. The SMILES string of the molecule is CC[C@@]12OC(=N)[C@@](C#N)([C@@H]1C)C(C#N)(C#N)[C@H](c1ccccc1)O2. The smallest absolute Gasteiger partial charge is 0.217 e. The summed E-state index contributed by atoms with van der Waals surface area (Å²) in [5.74, 6) is -2.17. The third-order valence-electron chi connectivity index (χ3n) is 5.40. The molecule has 0 amide bonds. The van der Waals surface area contributed by atoms with Gasteiger partial charge in [-0.25, -0.2) is 0 Å². The lowest BCUT2D eigenvalue weighted by Gasteiger charge is -2.48. The van der Waals surface area contributed by atoms with E-state index in [9.17, 15) is 15.8 Å². The van der Waals surface area contributed by atoms with Crippen LogP contribution < -0.4 is 0 Å².